The Morgan fingerprint density at radius 3 is 1.13 bits per heavy atom. The smallest absolute Gasteiger partial charge is 0.188 e. The number of hydrogen-bond acceptors (Lipinski definition) is 32. The summed E-state index contributed by atoms with van der Waals surface area (Å²) in [6, 6.07) is 1.23. The number of aliphatic hydroxyl groups is 14. The molecule has 2 saturated carbocycles. The van der Waals surface area contributed by atoms with Gasteiger partial charge in [0.1, 0.15) is 122 Å². The average Bonchev–Trinajstić information content (AvgIpc) is 1.50. The molecule has 2 aliphatic carbocycles. The van der Waals surface area contributed by atoms with E-state index >= 15 is 0 Å². The number of ether oxygens (including phenoxy) is 8. The lowest BCUT2D eigenvalue weighted by Gasteiger charge is -2.45. The van der Waals surface area contributed by atoms with E-state index in [0.717, 1.165) is 12.4 Å². The van der Waals surface area contributed by atoms with Gasteiger partial charge in [-0.1, -0.05) is 12.1 Å². The van der Waals surface area contributed by atoms with Crippen LogP contribution in [0.5, 0.6) is 0 Å². The SMILES string of the molecule is CNC1C(OC2C(OC3C(O)C(O)C(N=C(N)N)C(O)C3N=C(N)N)OC(C)C2(O)C=NNc2ccc3ccc(NN=CC4(O)C(C)OC(OC5C(O)C(O)C(N=C(N)N)C(O)C5N=C(N)N)C4OC4OC(CO)C(O)C(O)C4NC)cc3c2)OC(CO)C(O)C1O. The molecule has 4 aliphatic heterocycles. The fraction of sp³-hybridized carbons (Fsp3) is 0.692. The van der Waals surface area contributed by atoms with E-state index in [4.69, 9.17) is 83.8 Å². The monoisotopic (exact) mass is 1310 g/mol. The van der Waals surface area contributed by atoms with Crippen molar-refractivity contribution in [2.75, 3.05) is 38.2 Å². The average molecular weight is 1320 g/mol. The molecule has 0 bridgehead atoms. The molecule has 4 saturated heterocycles. The molecule has 0 amide bonds. The number of aliphatic hydroxyl groups excluding tert-OH is 12. The van der Waals surface area contributed by atoms with Crippen molar-refractivity contribution in [3.8, 4) is 0 Å². The van der Waals surface area contributed by atoms with Gasteiger partial charge in [-0.05, 0) is 63.0 Å². The van der Waals surface area contributed by atoms with Crippen molar-refractivity contribution >= 4 is 58.4 Å². The van der Waals surface area contributed by atoms with Crippen LogP contribution in [-0.2, 0) is 37.9 Å². The van der Waals surface area contributed by atoms with Gasteiger partial charge >= 0.3 is 0 Å². The molecule has 30 unspecified atom stereocenters. The van der Waals surface area contributed by atoms with Crippen LogP contribution < -0.4 is 67.4 Å². The van der Waals surface area contributed by atoms with Crippen molar-refractivity contribution < 1.29 is 109 Å². The zero-order valence-corrected chi connectivity index (χ0v) is 50.0. The molecular formula is C52H86N18O22. The number of anilines is 2. The predicted molar refractivity (Wildman–Crippen MR) is 322 cm³/mol. The van der Waals surface area contributed by atoms with Crippen LogP contribution >= 0.6 is 0 Å². The highest BCUT2D eigenvalue weighted by Crippen LogP contribution is 2.42. The van der Waals surface area contributed by atoms with E-state index in [0.29, 0.717) is 22.1 Å². The van der Waals surface area contributed by atoms with Crippen molar-refractivity contribution in [3.63, 3.8) is 0 Å². The largest absolute Gasteiger partial charge is 0.394 e. The second kappa shape index (κ2) is 29.6. The normalized spacial score (nSPS) is 43.2. The molecule has 6 fully saturated rings. The summed E-state index contributed by atoms with van der Waals surface area (Å²) >= 11 is 0. The fourth-order valence-electron chi connectivity index (χ4n) is 12.0. The Morgan fingerprint density at radius 2 is 0.804 bits per heavy atom. The highest BCUT2D eigenvalue weighted by molar-refractivity contribution is 5.89. The number of benzene rings is 2. The number of hydrazone groups is 2. The predicted octanol–water partition coefficient (Wildman–Crippen LogP) is -13.1. The van der Waals surface area contributed by atoms with Crippen molar-refractivity contribution in [2.45, 2.75) is 196 Å². The van der Waals surface area contributed by atoms with E-state index in [2.05, 4.69) is 51.7 Å². The van der Waals surface area contributed by atoms with Crippen LogP contribution in [0.25, 0.3) is 10.8 Å². The Morgan fingerprint density at radius 1 is 0.457 bits per heavy atom. The summed E-state index contributed by atoms with van der Waals surface area (Å²) in [5, 5.41) is 173. The number of fused-ring (bicyclic) bond motifs is 1. The summed E-state index contributed by atoms with van der Waals surface area (Å²) < 4.78 is 49.1. The number of likely N-dealkylation sites (N-methyl/N-ethyl adjacent to an activating group) is 2. The Hall–Kier alpha value is -6.24. The number of nitrogens with zero attached hydrogens (tertiary/aromatic N) is 6. The summed E-state index contributed by atoms with van der Waals surface area (Å²) in [6.45, 7) is 1.25. The van der Waals surface area contributed by atoms with Crippen molar-refractivity contribution in [1.82, 2.24) is 10.6 Å². The van der Waals surface area contributed by atoms with Gasteiger partial charge in [0.25, 0.3) is 0 Å². The third-order valence-electron chi connectivity index (χ3n) is 17.1. The lowest BCUT2D eigenvalue weighted by molar-refractivity contribution is -0.313. The van der Waals surface area contributed by atoms with Crippen LogP contribution in [0, 0.1) is 0 Å². The van der Waals surface area contributed by atoms with Crippen LogP contribution in [0.15, 0.2) is 66.6 Å². The maximum atomic E-state index is 12.6. The van der Waals surface area contributed by atoms with Crippen LogP contribution in [0.2, 0.25) is 0 Å². The van der Waals surface area contributed by atoms with Gasteiger partial charge < -0.3 is 166 Å². The summed E-state index contributed by atoms with van der Waals surface area (Å²) in [5.41, 5.74) is 46.7. The maximum absolute atomic E-state index is 12.6. The van der Waals surface area contributed by atoms with E-state index in [1.54, 1.807) is 36.4 Å². The van der Waals surface area contributed by atoms with E-state index in [9.17, 15) is 71.5 Å². The molecule has 8 rings (SSSR count). The third-order valence-corrected chi connectivity index (χ3v) is 17.1. The lowest BCUT2D eigenvalue weighted by Crippen LogP contribution is -2.66. The first-order valence-electron chi connectivity index (χ1n) is 29.0. The maximum Gasteiger partial charge on any atom is 0.188 e. The molecule has 0 radical (unpaired) electrons. The number of guanidine groups is 4. The van der Waals surface area contributed by atoms with E-state index in [1.807, 2.05) is 0 Å². The molecule has 40 heteroatoms. The first-order chi connectivity index (χ1) is 43.4. The number of nitrogens with one attached hydrogen (secondary N) is 4. The van der Waals surface area contributed by atoms with Crippen LogP contribution in [0.4, 0.5) is 11.4 Å². The molecule has 6 aliphatic rings. The number of rotatable bonds is 22. The van der Waals surface area contributed by atoms with E-state index in [-0.39, 0.29) is 0 Å². The summed E-state index contributed by atoms with van der Waals surface area (Å²) in [4.78, 5) is 15.7. The quantitative estimate of drug-likeness (QED) is 0.0296. The van der Waals surface area contributed by atoms with Crippen LogP contribution in [-0.4, -0.2) is 318 Å². The number of nitrogens with two attached hydrogens (primary N) is 8. The topological polar surface area (TPSA) is 688 Å². The van der Waals surface area contributed by atoms with Gasteiger partial charge in [-0.2, -0.15) is 10.2 Å². The summed E-state index contributed by atoms with van der Waals surface area (Å²) in [7, 11) is 2.83. The van der Waals surface area contributed by atoms with Gasteiger partial charge in [-0.3, -0.25) is 10.9 Å². The van der Waals surface area contributed by atoms with E-state index < -0.39 is 220 Å². The molecule has 40 nitrogen and oxygen atoms in total. The Bertz CT molecular complexity index is 2800. The zero-order chi connectivity index (χ0) is 67.6. The van der Waals surface area contributed by atoms with Crippen LogP contribution in [0.1, 0.15) is 13.8 Å². The molecule has 30 atom stereocenters. The molecular weight excluding hydrogens is 1230 g/mol. The Kier molecular flexibility index (Phi) is 23.0. The van der Waals surface area contributed by atoms with Crippen molar-refractivity contribution in [2.24, 2.45) is 76.0 Å². The molecule has 2 aromatic rings. The Labute approximate surface area is 524 Å². The standard InChI is InChI=1S/C52H86N18O22/c1-15-51(83,41(91-43-27(61-3)35(79)29(73)21(11-71)87-43)45(85-15)89-39-25(67-49(57)58)31(75)23(65-47(53)54)33(77)37(39)81)13-63-69-19-7-5-17-6-8-20(10-18(17)9-19)70-64-14-52(84)16(2)86-46(42(52)92-44-28(62-4)36(80)30(74)22(12-72)88-44)90-40-26(68-50(59)60)32(76)24(66-48(55)56)34(78)38(40)82/h5-10,13-16,21-46,61-62,69-84H,11-12H2,1-4H3,(H4,53,54,65)(H4,55,56,66)(H4,57,58,67)(H4,59,60,68). The third kappa shape index (κ3) is 14.7. The number of hydrogen-bond donors (Lipinski definition) is 26. The van der Waals surface area contributed by atoms with Crippen LogP contribution in [0.3, 0.4) is 0 Å². The Balaban J connectivity index is 1.06. The highest BCUT2D eigenvalue weighted by Gasteiger charge is 2.63. The minimum Gasteiger partial charge on any atom is -0.394 e. The molecule has 34 N–H and O–H groups in total. The first kappa shape index (κ1) is 71.6. The molecule has 516 valence electrons. The molecule has 4 heterocycles. The fourth-order valence-corrected chi connectivity index (χ4v) is 12.0. The van der Waals surface area contributed by atoms with Gasteiger partial charge in [-0.15, -0.1) is 0 Å². The van der Waals surface area contributed by atoms with Gasteiger partial charge in [-0.25, -0.2) is 20.0 Å². The summed E-state index contributed by atoms with van der Waals surface area (Å²) in [5.74, 6) is -2.27. The van der Waals surface area contributed by atoms with E-state index in [1.165, 1.54) is 27.9 Å². The second-order valence-corrected chi connectivity index (χ2v) is 23.1. The molecule has 0 aromatic heterocycles. The minimum atomic E-state index is -2.35. The van der Waals surface area contributed by atoms with Crippen molar-refractivity contribution in [1.29, 1.82) is 0 Å². The van der Waals surface area contributed by atoms with Gasteiger partial charge in [0.15, 0.2) is 60.2 Å². The lowest BCUT2D eigenvalue weighted by atomic mass is 9.81. The summed E-state index contributed by atoms with van der Waals surface area (Å²) in [6.07, 6.45) is -35.0. The first-order valence-corrected chi connectivity index (χ1v) is 29.0. The number of aliphatic imine (C=N–C) groups is 4. The molecule has 2 aromatic carbocycles. The molecule has 0 spiro atoms. The molecule has 92 heavy (non-hydrogen) atoms. The second-order valence-electron chi connectivity index (χ2n) is 23.1. The van der Waals surface area contributed by atoms with Crippen molar-refractivity contribution in [3.05, 3.63) is 36.4 Å². The minimum absolute atomic E-state index is 0.326. The van der Waals surface area contributed by atoms with Gasteiger partial charge in [0, 0.05) is 0 Å². The van der Waals surface area contributed by atoms with Gasteiger partial charge in [0.05, 0.1) is 61.3 Å². The van der Waals surface area contributed by atoms with Gasteiger partial charge in [0.2, 0.25) is 0 Å². The highest BCUT2D eigenvalue weighted by atomic mass is 16.8. The zero-order valence-electron chi connectivity index (χ0n) is 50.0.